The molecule has 19 heavy (non-hydrogen) atoms. The summed E-state index contributed by atoms with van der Waals surface area (Å²) in [5.74, 6) is 1.10. The maximum absolute atomic E-state index is 5.94. The van der Waals surface area contributed by atoms with Gasteiger partial charge in [0.15, 0.2) is 0 Å². The van der Waals surface area contributed by atoms with Crippen LogP contribution in [0.2, 0.25) is 0 Å². The molecular formula is C15H23N3O. The van der Waals surface area contributed by atoms with Crippen LogP contribution >= 0.6 is 0 Å². The quantitative estimate of drug-likeness (QED) is 0.879. The van der Waals surface area contributed by atoms with Crippen molar-refractivity contribution in [1.29, 1.82) is 0 Å². The molecule has 2 N–H and O–H groups in total. The van der Waals surface area contributed by atoms with Crippen molar-refractivity contribution in [1.82, 2.24) is 4.98 Å². The van der Waals surface area contributed by atoms with Gasteiger partial charge >= 0.3 is 0 Å². The molecule has 1 aromatic rings. The van der Waals surface area contributed by atoms with E-state index < -0.39 is 0 Å². The van der Waals surface area contributed by atoms with Crippen LogP contribution in [0.15, 0.2) is 6.07 Å². The van der Waals surface area contributed by atoms with E-state index in [4.69, 9.17) is 15.5 Å². The highest BCUT2D eigenvalue weighted by Crippen LogP contribution is 2.28. The van der Waals surface area contributed by atoms with E-state index in [-0.39, 0.29) is 0 Å². The standard InChI is InChI=1S/C15H23N3O/c1-11-10-19-7-6-18(11)15-13(9-16)8-12-4-2-3-5-14(12)17-15/h8,11H,2-7,9-10,16H2,1H3. The topological polar surface area (TPSA) is 51.4 Å². The highest BCUT2D eigenvalue weighted by Gasteiger charge is 2.24. The van der Waals surface area contributed by atoms with Gasteiger partial charge in [-0.05, 0) is 44.2 Å². The Labute approximate surface area is 115 Å². The van der Waals surface area contributed by atoms with Gasteiger partial charge in [-0.2, -0.15) is 0 Å². The smallest absolute Gasteiger partial charge is 0.133 e. The molecule has 1 fully saturated rings. The summed E-state index contributed by atoms with van der Waals surface area (Å²) >= 11 is 0. The van der Waals surface area contributed by atoms with Crippen molar-refractivity contribution in [3.8, 4) is 0 Å². The van der Waals surface area contributed by atoms with Crippen molar-refractivity contribution in [2.45, 2.75) is 45.2 Å². The summed E-state index contributed by atoms with van der Waals surface area (Å²) < 4.78 is 5.52. The van der Waals surface area contributed by atoms with E-state index in [9.17, 15) is 0 Å². The monoisotopic (exact) mass is 261 g/mol. The molecule has 1 atom stereocenters. The second-order valence-electron chi connectivity index (χ2n) is 5.61. The molecule has 0 saturated carbocycles. The van der Waals surface area contributed by atoms with Gasteiger partial charge < -0.3 is 15.4 Å². The summed E-state index contributed by atoms with van der Waals surface area (Å²) in [6.45, 7) is 5.25. The summed E-state index contributed by atoms with van der Waals surface area (Å²) in [7, 11) is 0. The molecule has 1 aromatic heterocycles. The number of fused-ring (bicyclic) bond motifs is 1. The zero-order valence-electron chi connectivity index (χ0n) is 11.7. The lowest BCUT2D eigenvalue weighted by molar-refractivity contribution is 0.0984. The van der Waals surface area contributed by atoms with Crippen LogP contribution in [0.5, 0.6) is 0 Å². The minimum absolute atomic E-state index is 0.383. The van der Waals surface area contributed by atoms with Crippen LogP contribution in [0.4, 0.5) is 5.82 Å². The number of nitrogens with zero attached hydrogens (tertiary/aromatic N) is 2. The molecule has 4 heteroatoms. The summed E-state index contributed by atoms with van der Waals surface area (Å²) in [6.07, 6.45) is 4.83. The minimum Gasteiger partial charge on any atom is -0.377 e. The van der Waals surface area contributed by atoms with E-state index in [2.05, 4.69) is 17.9 Å². The van der Waals surface area contributed by atoms with Crippen LogP contribution in [-0.4, -0.2) is 30.8 Å². The Hall–Kier alpha value is -1.13. The normalized spacial score (nSPS) is 23.3. The van der Waals surface area contributed by atoms with Crippen molar-refractivity contribution in [2.75, 3.05) is 24.7 Å². The molecule has 1 saturated heterocycles. The van der Waals surface area contributed by atoms with Gasteiger partial charge in [0.2, 0.25) is 0 Å². The number of nitrogens with two attached hydrogens (primary N) is 1. The van der Waals surface area contributed by atoms with E-state index in [0.29, 0.717) is 12.6 Å². The number of aromatic nitrogens is 1. The Kier molecular flexibility index (Phi) is 3.71. The van der Waals surface area contributed by atoms with Gasteiger partial charge in [-0.3, -0.25) is 0 Å². The van der Waals surface area contributed by atoms with Crippen molar-refractivity contribution in [3.63, 3.8) is 0 Å². The van der Waals surface area contributed by atoms with Crippen LogP contribution < -0.4 is 10.6 Å². The van der Waals surface area contributed by atoms with E-state index in [0.717, 1.165) is 38.4 Å². The second kappa shape index (κ2) is 5.47. The number of rotatable bonds is 2. The number of morpholine rings is 1. The summed E-state index contributed by atoms with van der Waals surface area (Å²) in [5.41, 5.74) is 9.83. The lowest BCUT2D eigenvalue weighted by Crippen LogP contribution is -2.45. The second-order valence-corrected chi connectivity index (χ2v) is 5.61. The molecule has 0 aromatic carbocycles. The van der Waals surface area contributed by atoms with Crippen LogP contribution in [0.3, 0.4) is 0 Å². The maximum Gasteiger partial charge on any atom is 0.133 e. The van der Waals surface area contributed by atoms with E-state index >= 15 is 0 Å². The maximum atomic E-state index is 5.94. The summed E-state index contributed by atoms with van der Waals surface area (Å²) in [6, 6.07) is 2.67. The fourth-order valence-corrected chi connectivity index (χ4v) is 3.11. The first kappa shape index (κ1) is 12.9. The molecule has 3 rings (SSSR count). The van der Waals surface area contributed by atoms with Gasteiger partial charge in [-0.15, -0.1) is 0 Å². The molecule has 2 aliphatic rings. The molecule has 2 heterocycles. The Morgan fingerprint density at radius 1 is 1.42 bits per heavy atom. The van der Waals surface area contributed by atoms with Gasteiger partial charge in [-0.25, -0.2) is 4.98 Å². The number of hydrogen-bond donors (Lipinski definition) is 1. The van der Waals surface area contributed by atoms with Crippen LogP contribution in [-0.2, 0) is 24.1 Å². The molecule has 0 spiro atoms. The Balaban J connectivity index is 1.98. The Morgan fingerprint density at radius 3 is 3.05 bits per heavy atom. The Morgan fingerprint density at radius 2 is 2.26 bits per heavy atom. The van der Waals surface area contributed by atoms with Crippen molar-refractivity contribution in [2.24, 2.45) is 5.73 Å². The molecule has 0 bridgehead atoms. The van der Waals surface area contributed by atoms with Gasteiger partial charge in [0, 0.05) is 24.3 Å². The Bertz CT molecular complexity index is 461. The highest BCUT2D eigenvalue weighted by molar-refractivity contribution is 5.51. The third-order valence-electron chi connectivity index (χ3n) is 4.22. The van der Waals surface area contributed by atoms with Crippen LogP contribution in [0, 0.1) is 0 Å². The first-order valence-electron chi connectivity index (χ1n) is 7.35. The zero-order valence-corrected chi connectivity index (χ0v) is 11.7. The van der Waals surface area contributed by atoms with Gasteiger partial charge in [0.1, 0.15) is 5.82 Å². The van der Waals surface area contributed by atoms with Crippen LogP contribution in [0.1, 0.15) is 36.6 Å². The molecule has 104 valence electrons. The molecule has 1 aliphatic carbocycles. The molecular weight excluding hydrogens is 238 g/mol. The molecule has 4 nitrogen and oxygen atoms in total. The first-order chi connectivity index (χ1) is 9.29. The van der Waals surface area contributed by atoms with Crippen LogP contribution in [0.25, 0.3) is 0 Å². The van der Waals surface area contributed by atoms with E-state index in [1.807, 2.05) is 0 Å². The lowest BCUT2D eigenvalue weighted by Gasteiger charge is -2.36. The fourth-order valence-electron chi connectivity index (χ4n) is 3.11. The largest absolute Gasteiger partial charge is 0.377 e. The predicted octanol–water partition coefficient (Wildman–Crippen LogP) is 1.64. The van der Waals surface area contributed by atoms with Gasteiger partial charge in [-0.1, -0.05) is 0 Å². The first-order valence-corrected chi connectivity index (χ1v) is 7.35. The predicted molar refractivity (Wildman–Crippen MR) is 76.4 cm³/mol. The number of pyridine rings is 1. The highest BCUT2D eigenvalue weighted by atomic mass is 16.5. The molecule has 1 aliphatic heterocycles. The fraction of sp³-hybridized carbons (Fsp3) is 0.667. The summed E-state index contributed by atoms with van der Waals surface area (Å²) in [4.78, 5) is 7.31. The number of aryl methyl sites for hydroxylation is 2. The SMILES string of the molecule is CC1COCCN1c1nc2c(cc1CN)CCCC2. The molecule has 0 radical (unpaired) electrons. The average Bonchev–Trinajstić information content (AvgIpc) is 2.46. The lowest BCUT2D eigenvalue weighted by atomic mass is 9.94. The van der Waals surface area contributed by atoms with Crippen molar-refractivity contribution < 1.29 is 4.74 Å². The summed E-state index contributed by atoms with van der Waals surface area (Å²) in [5, 5.41) is 0. The molecule has 0 amide bonds. The van der Waals surface area contributed by atoms with Gasteiger partial charge in [0.05, 0.1) is 19.3 Å². The van der Waals surface area contributed by atoms with E-state index in [1.165, 1.54) is 29.7 Å². The third kappa shape index (κ3) is 2.47. The third-order valence-corrected chi connectivity index (χ3v) is 4.22. The van der Waals surface area contributed by atoms with Crippen molar-refractivity contribution in [3.05, 3.63) is 22.9 Å². The average molecular weight is 261 g/mol. The number of anilines is 1. The van der Waals surface area contributed by atoms with Crippen molar-refractivity contribution >= 4 is 5.82 Å². The zero-order chi connectivity index (χ0) is 13.2. The molecule has 1 unspecified atom stereocenters. The number of hydrogen-bond acceptors (Lipinski definition) is 4. The number of ether oxygens (including phenoxy) is 1. The van der Waals surface area contributed by atoms with E-state index in [1.54, 1.807) is 0 Å². The minimum atomic E-state index is 0.383. The van der Waals surface area contributed by atoms with Gasteiger partial charge in [0.25, 0.3) is 0 Å².